The van der Waals surface area contributed by atoms with Crippen LogP contribution >= 0.6 is 0 Å². The van der Waals surface area contributed by atoms with Crippen molar-refractivity contribution in [3.05, 3.63) is 0 Å². The van der Waals surface area contributed by atoms with Crippen molar-refractivity contribution in [3.8, 4) is 0 Å². The van der Waals surface area contributed by atoms with Crippen LogP contribution in [0.15, 0.2) is 0 Å². The van der Waals surface area contributed by atoms with Crippen molar-refractivity contribution in [3.63, 3.8) is 0 Å². The second kappa shape index (κ2) is 6.27. The molecule has 2 heterocycles. The molecule has 3 amide bonds. The van der Waals surface area contributed by atoms with Gasteiger partial charge in [0, 0.05) is 12.1 Å². The Morgan fingerprint density at radius 3 is 2.44 bits per heavy atom. The first-order valence-corrected chi connectivity index (χ1v) is 9.32. The molecule has 1 saturated carbocycles. The predicted molar refractivity (Wildman–Crippen MR) is 93.4 cm³/mol. The van der Waals surface area contributed by atoms with E-state index in [0.29, 0.717) is 18.8 Å². The molecule has 3 atom stereocenters. The van der Waals surface area contributed by atoms with E-state index in [4.69, 9.17) is 5.73 Å². The quantitative estimate of drug-likeness (QED) is 0.656. The van der Waals surface area contributed by atoms with Crippen molar-refractivity contribution in [2.75, 3.05) is 13.6 Å². The fourth-order valence-electron chi connectivity index (χ4n) is 4.38. The first-order valence-electron chi connectivity index (χ1n) is 9.32. The Morgan fingerprint density at radius 2 is 1.96 bits per heavy atom. The lowest BCUT2D eigenvalue weighted by Crippen LogP contribution is -2.54. The number of piperidine rings is 1. The largest absolute Gasteiger partial charge is 0.368 e. The van der Waals surface area contributed by atoms with Gasteiger partial charge in [-0.05, 0) is 51.5 Å². The summed E-state index contributed by atoms with van der Waals surface area (Å²) in [7, 11) is 1.75. The van der Waals surface area contributed by atoms with Crippen LogP contribution in [0.25, 0.3) is 0 Å². The second-order valence-electron chi connectivity index (χ2n) is 8.57. The van der Waals surface area contributed by atoms with Crippen LogP contribution < -0.4 is 16.4 Å². The molecule has 0 radical (unpaired) electrons. The van der Waals surface area contributed by atoms with Crippen molar-refractivity contribution >= 4 is 17.7 Å². The summed E-state index contributed by atoms with van der Waals surface area (Å²) in [4.78, 5) is 39.4. The number of likely N-dealkylation sites (tertiary alicyclic amines) is 1. The van der Waals surface area contributed by atoms with Gasteiger partial charge in [-0.15, -0.1) is 0 Å². The number of hydrogen-bond acceptors (Lipinski definition) is 4. The summed E-state index contributed by atoms with van der Waals surface area (Å²) < 4.78 is 0. The maximum Gasteiger partial charge on any atom is 0.240 e. The number of nitrogens with one attached hydrogen (secondary N) is 2. The van der Waals surface area contributed by atoms with E-state index in [2.05, 4.69) is 24.5 Å². The maximum atomic E-state index is 13.0. The first-order chi connectivity index (χ1) is 11.7. The third-order valence-electron chi connectivity index (χ3n) is 6.19. The molecule has 3 fully saturated rings. The van der Waals surface area contributed by atoms with Crippen LogP contribution in [-0.2, 0) is 14.4 Å². The van der Waals surface area contributed by atoms with Gasteiger partial charge < -0.3 is 21.3 Å². The topological polar surface area (TPSA) is 105 Å². The van der Waals surface area contributed by atoms with Gasteiger partial charge in [-0.2, -0.15) is 0 Å². The molecule has 7 nitrogen and oxygen atoms in total. The van der Waals surface area contributed by atoms with Crippen LogP contribution in [0.2, 0.25) is 0 Å². The highest BCUT2D eigenvalue weighted by molar-refractivity contribution is 5.93. The van der Waals surface area contributed by atoms with Crippen LogP contribution in [0.1, 0.15) is 52.4 Å². The maximum absolute atomic E-state index is 13.0. The van der Waals surface area contributed by atoms with Gasteiger partial charge in [0.05, 0.1) is 11.5 Å². The fraction of sp³-hybridized carbons (Fsp3) is 0.833. The second-order valence-corrected chi connectivity index (χ2v) is 8.57. The Morgan fingerprint density at radius 1 is 1.32 bits per heavy atom. The van der Waals surface area contributed by atoms with Crippen LogP contribution in [0.4, 0.5) is 0 Å². The SMILES string of the molecule is CN[C@@H](CC(C)C)C(=O)N1C[C@]2(CCC3(CC3)NC2=O)C[C@H]1C(N)=O. The molecule has 2 aliphatic heterocycles. The average molecular weight is 350 g/mol. The lowest BCUT2D eigenvalue weighted by Gasteiger charge is -2.37. The minimum absolute atomic E-state index is 0.00681. The highest BCUT2D eigenvalue weighted by Gasteiger charge is 2.59. The predicted octanol–water partition coefficient (Wildman–Crippen LogP) is 0.136. The number of nitrogens with two attached hydrogens (primary N) is 1. The normalized spacial score (nSPS) is 31.4. The minimum Gasteiger partial charge on any atom is -0.368 e. The molecule has 140 valence electrons. The molecule has 3 aliphatic rings. The molecule has 0 aromatic rings. The zero-order chi connectivity index (χ0) is 18.4. The number of amides is 3. The van der Waals surface area contributed by atoms with Gasteiger partial charge in [-0.25, -0.2) is 0 Å². The summed E-state index contributed by atoms with van der Waals surface area (Å²) in [5.74, 6) is -0.319. The molecule has 4 N–H and O–H groups in total. The van der Waals surface area contributed by atoms with E-state index in [0.717, 1.165) is 25.7 Å². The minimum atomic E-state index is -0.700. The monoisotopic (exact) mass is 350 g/mol. The Bertz CT molecular complexity index is 587. The van der Waals surface area contributed by atoms with Crippen molar-refractivity contribution in [2.24, 2.45) is 17.1 Å². The highest BCUT2D eigenvalue weighted by Crippen LogP contribution is 2.50. The van der Waals surface area contributed by atoms with Gasteiger partial charge in [0.25, 0.3) is 0 Å². The molecular weight excluding hydrogens is 320 g/mol. The van der Waals surface area contributed by atoms with Crippen molar-refractivity contribution in [1.82, 2.24) is 15.5 Å². The molecule has 0 aromatic heterocycles. The van der Waals surface area contributed by atoms with Crippen molar-refractivity contribution in [1.29, 1.82) is 0 Å². The summed E-state index contributed by atoms with van der Waals surface area (Å²) in [5, 5.41) is 6.20. The number of nitrogens with zero attached hydrogens (tertiary/aromatic N) is 1. The Labute approximate surface area is 149 Å². The fourth-order valence-corrected chi connectivity index (χ4v) is 4.38. The Balaban J connectivity index is 1.80. The van der Waals surface area contributed by atoms with Crippen LogP contribution in [-0.4, -0.2) is 53.8 Å². The summed E-state index contributed by atoms with van der Waals surface area (Å²) in [5.41, 5.74) is 4.91. The summed E-state index contributed by atoms with van der Waals surface area (Å²) >= 11 is 0. The van der Waals surface area contributed by atoms with Gasteiger partial charge in [-0.3, -0.25) is 14.4 Å². The van der Waals surface area contributed by atoms with Gasteiger partial charge in [0.15, 0.2) is 0 Å². The van der Waals surface area contributed by atoms with E-state index in [1.165, 1.54) is 0 Å². The van der Waals surface area contributed by atoms with Gasteiger partial charge in [0.1, 0.15) is 6.04 Å². The molecule has 25 heavy (non-hydrogen) atoms. The molecule has 7 heteroatoms. The third-order valence-corrected chi connectivity index (χ3v) is 6.19. The van der Waals surface area contributed by atoms with E-state index in [9.17, 15) is 14.4 Å². The lowest BCUT2D eigenvalue weighted by atomic mass is 9.75. The number of carbonyl (C=O) groups is 3. The smallest absolute Gasteiger partial charge is 0.240 e. The van der Waals surface area contributed by atoms with E-state index in [1.54, 1.807) is 11.9 Å². The number of carbonyl (C=O) groups excluding carboxylic acids is 3. The third kappa shape index (κ3) is 3.26. The molecular formula is C18H30N4O3. The highest BCUT2D eigenvalue weighted by atomic mass is 16.2. The number of primary amides is 1. The van der Waals surface area contributed by atoms with Crippen LogP contribution in [0.5, 0.6) is 0 Å². The molecule has 1 aliphatic carbocycles. The molecule has 2 saturated heterocycles. The van der Waals surface area contributed by atoms with E-state index < -0.39 is 17.4 Å². The molecule has 0 bridgehead atoms. The Kier molecular flexibility index (Phi) is 4.56. The summed E-state index contributed by atoms with van der Waals surface area (Å²) in [6, 6.07) is -1.06. The summed E-state index contributed by atoms with van der Waals surface area (Å²) in [6.07, 6.45) is 4.74. The molecule has 0 aromatic carbocycles. The standard InChI is InChI=1S/C18H30N4O3/c1-11(2)8-12(20-3)15(24)22-10-17(9-13(22)14(19)23)4-5-18(6-7-18)21-16(17)25/h11-13,20H,4-10H2,1-3H3,(H2,19,23)(H,21,25)/t12-,13-,17-/m0/s1. The Hall–Kier alpha value is -1.63. The first kappa shape index (κ1) is 18.2. The molecule has 3 rings (SSSR count). The molecule has 2 spiro atoms. The number of hydrogen-bond donors (Lipinski definition) is 3. The van der Waals surface area contributed by atoms with Crippen LogP contribution in [0.3, 0.4) is 0 Å². The van der Waals surface area contributed by atoms with Crippen molar-refractivity contribution < 1.29 is 14.4 Å². The van der Waals surface area contributed by atoms with Gasteiger partial charge >= 0.3 is 0 Å². The zero-order valence-corrected chi connectivity index (χ0v) is 15.4. The van der Waals surface area contributed by atoms with Crippen molar-refractivity contribution in [2.45, 2.75) is 70.0 Å². The molecule has 0 unspecified atom stereocenters. The van der Waals surface area contributed by atoms with Gasteiger partial charge in [-0.1, -0.05) is 13.8 Å². The van der Waals surface area contributed by atoms with E-state index >= 15 is 0 Å². The van der Waals surface area contributed by atoms with E-state index in [-0.39, 0.29) is 29.9 Å². The van der Waals surface area contributed by atoms with Crippen LogP contribution in [0, 0.1) is 11.3 Å². The van der Waals surface area contributed by atoms with E-state index in [1.807, 2.05) is 0 Å². The van der Waals surface area contributed by atoms with Gasteiger partial charge in [0.2, 0.25) is 17.7 Å². The zero-order valence-electron chi connectivity index (χ0n) is 15.4. The summed E-state index contributed by atoms with van der Waals surface area (Å²) in [6.45, 7) is 4.40. The number of rotatable bonds is 5. The lowest BCUT2D eigenvalue weighted by molar-refractivity contribution is -0.140. The average Bonchev–Trinajstić information content (AvgIpc) is 3.18. The number of likely N-dealkylation sites (N-methyl/N-ethyl adjacent to an activating group) is 1.